The van der Waals surface area contributed by atoms with E-state index in [0.717, 1.165) is 16.7 Å². The highest BCUT2D eigenvalue weighted by molar-refractivity contribution is 5.94. The Balaban J connectivity index is 1.65. The maximum atomic E-state index is 13.3. The van der Waals surface area contributed by atoms with E-state index in [2.05, 4.69) is 0 Å². The van der Waals surface area contributed by atoms with E-state index >= 15 is 0 Å². The minimum atomic E-state index is -1.06. The second-order valence-electron chi connectivity index (χ2n) is 7.87. The molecule has 7 heteroatoms. The second kappa shape index (κ2) is 9.65. The van der Waals surface area contributed by atoms with Crippen molar-refractivity contribution in [3.8, 4) is 11.5 Å². The summed E-state index contributed by atoms with van der Waals surface area (Å²) in [5.41, 5.74) is 3.28. The summed E-state index contributed by atoms with van der Waals surface area (Å²) >= 11 is 0. The van der Waals surface area contributed by atoms with E-state index in [1.54, 1.807) is 20.2 Å². The van der Waals surface area contributed by atoms with Gasteiger partial charge in [0.05, 0.1) is 7.11 Å². The summed E-state index contributed by atoms with van der Waals surface area (Å²) in [6, 6.07) is 21.1. The number of fused-ring (bicyclic) bond motifs is 1. The van der Waals surface area contributed by atoms with Crippen LogP contribution in [0.1, 0.15) is 16.7 Å². The Kier molecular flexibility index (Phi) is 6.49. The molecule has 0 saturated heterocycles. The highest BCUT2D eigenvalue weighted by Gasteiger charge is 2.38. The average Bonchev–Trinajstić information content (AvgIpc) is 2.86. The number of carboxylic acid groups (broad SMARTS) is 1. The molecule has 4 rings (SSSR count). The predicted molar refractivity (Wildman–Crippen MR) is 125 cm³/mol. The maximum Gasteiger partial charge on any atom is 0.326 e. The highest BCUT2D eigenvalue weighted by Crippen LogP contribution is 2.39. The topological polar surface area (TPSA) is 79.3 Å². The molecule has 3 aromatic carbocycles. The van der Waals surface area contributed by atoms with Crippen molar-refractivity contribution in [1.29, 1.82) is 0 Å². The normalized spacial score (nSPS) is 14.8. The Labute approximate surface area is 192 Å². The van der Waals surface area contributed by atoms with Crippen molar-refractivity contribution in [2.75, 3.05) is 19.1 Å². The van der Waals surface area contributed by atoms with Crippen molar-refractivity contribution < 1.29 is 24.2 Å². The molecular weight excluding hydrogens is 420 g/mol. The minimum absolute atomic E-state index is 0.125. The fourth-order valence-electron chi connectivity index (χ4n) is 4.04. The zero-order valence-electron chi connectivity index (χ0n) is 18.6. The molecule has 0 aliphatic carbocycles. The van der Waals surface area contributed by atoms with Crippen LogP contribution >= 0.6 is 0 Å². The molecule has 1 aliphatic rings. The quantitative estimate of drug-likeness (QED) is 0.609. The van der Waals surface area contributed by atoms with Gasteiger partial charge >= 0.3 is 12.0 Å². The van der Waals surface area contributed by atoms with Crippen LogP contribution in [-0.2, 0) is 24.4 Å². The molecule has 0 saturated carbocycles. The molecule has 0 unspecified atom stereocenters. The van der Waals surface area contributed by atoms with Crippen molar-refractivity contribution in [2.45, 2.75) is 25.6 Å². The van der Waals surface area contributed by atoms with Crippen LogP contribution in [0.4, 0.5) is 10.5 Å². The Bertz CT molecular complexity index is 1130. The number of urea groups is 1. The number of anilines is 1. The van der Waals surface area contributed by atoms with Gasteiger partial charge in [0.1, 0.15) is 12.6 Å². The summed E-state index contributed by atoms with van der Waals surface area (Å²) in [7, 11) is 3.20. The van der Waals surface area contributed by atoms with Crippen LogP contribution in [0.3, 0.4) is 0 Å². The number of hydrogen-bond acceptors (Lipinski definition) is 4. The number of amides is 2. The number of nitrogens with zero attached hydrogens (tertiary/aromatic N) is 2. The van der Waals surface area contributed by atoms with Crippen LogP contribution in [0.2, 0.25) is 0 Å². The highest BCUT2D eigenvalue weighted by atomic mass is 16.5. The van der Waals surface area contributed by atoms with E-state index in [1.165, 1.54) is 9.80 Å². The molecule has 0 aromatic heterocycles. The lowest BCUT2D eigenvalue weighted by atomic mass is 9.92. The van der Waals surface area contributed by atoms with Gasteiger partial charge in [0, 0.05) is 31.3 Å². The first-order valence-electron chi connectivity index (χ1n) is 10.7. The molecule has 1 heterocycles. The third-order valence-corrected chi connectivity index (χ3v) is 5.84. The zero-order valence-corrected chi connectivity index (χ0v) is 18.6. The molecule has 7 nitrogen and oxygen atoms in total. The molecule has 0 radical (unpaired) electrons. The van der Waals surface area contributed by atoms with Crippen molar-refractivity contribution in [1.82, 2.24) is 4.90 Å². The molecule has 1 aliphatic heterocycles. The van der Waals surface area contributed by atoms with Gasteiger partial charge in [-0.3, -0.25) is 4.90 Å². The number of carbonyl (C=O) groups excluding carboxylic acids is 1. The second-order valence-corrected chi connectivity index (χ2v) is 7.87. The standard InChI is InChI=1S/C26H26N2O5/c1-27(20-11-7-4-8-12-20)26(31)28-16-19-13-14-23(32-2)24(21(19)15-22(28)25(29)30)33-17-18-9-5-3-6-10-18/h3-14,22H,15-17H2,1-2H3,(H,29,30)/t22-/m0/s1. The number of carboxylic acids is 1. The largest absolute Gasteiger partial charge is 0.493 e. The van der Waals surface area contributed by atoms with Gasteiger partial charge in [-0.25, -0.2) is 9.59 Å². The number of methoxy groups -OCH3 is 1. The third-order valence-electron chi connectivity index (χ3n) is 5.84. The van der Waals surface area contributed by atoms with Crippen molar-refractivity contribution in [3.05, 3.63) is 89.5 Å². The number of benzene rings is 3. The Morgan fingerprint density at radius 3 is 2.33 bits per heavy atom. The Morgan fingerprint density at radius 2 is 1.70 bits per heavy atom. The molecule has 1 N–H and O–H groups in total. The molecule has 0 spiro atoms. The van der Waals surface area contributed by atoms with E-state index < -0.39 is 12.0 Å². The van der Waals surface area contributed by atoms with Crippen molar-refractivity contribution in [2.24, 2.45) is 0 Å². The lowest BCUT2D eigenvalue weighted by molar-refractivity contribution is -0.142. The maximum absolute atomic E-state index is 13.3. The first kappa shape index (κ1) is 22.2. The lowest BCUT2D eigenvalue weighted by Gasteiger charge is -2.37. The van der Waals surface area contributed by atoms with Crippen LogP contribution in [0.15, 0.2) is 72.8 Å². The SMILES string of the molecule is COc1ccc2c(c1OCc1ccccc1)C[C@@H](C(=O)O)N(C(=O)N(C)c1ccccc1)C2. The van der Waals surface area contributed by atoms with Gasteiger partial charge in [0.25, 0.3) is 0 Å². The van der Waals surface area contributed by atoms with Crippen LogP contribution in [-0.4, -0.2) is 42.2 Å². The molecule has 3 aromatic rings. The summed E-state index contributed by atoms with van der Waals surface area (Å²) in [4.78, 5) is 28.3. The Morgan fingerprint density at radius 1 is 1.03 bits per heavy atom. The number of para-hydroxylation sites is 1. The zero-order chi connectivity index (χ0) is 23.4. The fraction of sp³-hybridized carbons (Fsp3) is 0.231. The van der Waals surface area contributed by atoms with Gasteiger partial charge in [0.2, 0.25) is 0 Å². The monoisotopic (exact) mass is 446 g/mol. The number of carbonyl (C=O) groups is 2. The van der Waals surface area contributed by atoms with Crippen LogP contribution in [0.25, 0.3) is 0 Å². The number of hydrogen-bond donors (Lipinski definition) is 1. The number of ether oxygens (including phenoxy) is 2. The summed E-state index contributed by atoms with van der Waals surface area (Å²) in [6.45, 7) is 0.485. The van der Waals surface area contributed by atoms with Crippen molar-refractivity contribution in [3.63, 3.8) is 0 Å². The van der Waals surface area contributed by atoms with Crippen LogP contribution in [0.5, 0.6) is 11.5 Å². The van der Waals surface area contributed by atoms with Gasteiger partial charge in [-0.05, 0) is 29.3 Å². The molecule has 0 fully saturated rings. The van der Waals surface area contributed by atoms with E-state index in [1.807, 2.05) is 66.7 Å². The molecule has 33 heavy (non-hydrogen) atoms. The average molecular weight is 447 g/mol. The minimum Gasteiger partial charge on any atom is -0.493 e. The fourth-order valence-corrected chi connectivity index (χ4v) is 4.04. The van der Waals surface area contributed by atoms with Crippen LogP contribution < -0.4 is 14.4 Å². The van der Waals surface area contributed by atoms with E-state index in [-0.39, 0.29) is 19.0 Å². The van der Waals surface area contributed by atoms with Crippen LogP contribution in [0, 0.1) is 0 Å². The molecular formula is C26H26N2O5. The first-order chi connectivity index (χ1) is 16.0. The molecule has 0 bridgehead atoms. The lowest BCUT2D eigenvalue weighted by Crippen LogP contribution is -2.52. The third kappa shape index (κ3) is 4.62. The summed E-state index contributed by atoms with van der Waals surface area (Å²) in [5.74, 6) is -0.00379. The van der Waals surface area contributed by atoms with Crippen molar-refractivity contribution >= 4 is 17.7 Å². The Hall–Kier alpha value is -4.00. The molecule has 1 atom stereocenters. The first-order valence-corrected chi connectivity index (χ1v) is 10.7. The molecule has 2 amide bonds. The van der Waals surface area contributed by atoms with Gasteiger partial charge in [-0.1, -0.05) is 54.6 Å². The predicted octanol–water partition coefficient (Wildman–Crippen LogP) is 4.34. The van der Waals surface area contributed by atoms with Gasteiger partial charge in [0.15, 0.2) is 11.5 Å². The summed E-state index contributed by atoms with van der Waals surface area (Å²) < 4.78 is 11.6. The van der Waals surface area contributed by atoms with E-state index in [9.17, 15) is 14.7 Å². The van der Waals surface area contributed by atoms with E-state index in [0.29, 0.717) is 23.8 Å². The van der Waals surface area contributed by atoms with Gasteiger partial charge in [-0.2, -0.15) is 0 Å². The smallest absolute Gasteiger partial charge is 0.326 e. The number of aliphatic carboxylic acids is 1. The number of rotatable bonds is 6. The van der Waals surface area contributed by atoms with Gasteiger partial charge < -0.3 is 19.5 Å². The summed E-state index contributed by atoms with van der Waals surface area (Å²) in [6.07, 6.45) is 0.125. The van der Waals surface area contributed by atoms with E-state index in [4.69, 9.17) is 9.47 Å². The summed E-state index contributed by atoms with van der Waals surface area (Å²) in [5, 5.41) is 9.98. The van der Waals surface area contributed by atoms with Gasteiger partial charge in [-0.15, -0.1) is 0 Å². The molecule has 170 valence electrons.